The molecule has 0 aliphatic carbocycles. The van der Waals surface area contributed by atoms with Crippen LogP contribution in [-0.4, -0.2) is 11.0 Å². The SMILES string of the molecule is N#Cc1ccnc(CNC(N)=O)c1. The van der Waals surface area contributed by atoms with Crippen molar-refractivity contribution >= 4 is 6.03 Å². The molecule has 0 radical (unpaired) electrons. The van der Waals surface area contributed by atoms with Crippen LogP contribution in [0.2, 0.25) is 0 Å². The zero-order valence-electron chi connectivity index (χ0n) is 6.82. The molecule has 1 heterocycles. The molecule has 13 heavy (non-hydrogen) atoms. The van der Waals surface area contributed by atoms with Gasteiger partial charge in [0.05, 0.1) is 23.9 Å². The smallest absolute Gasteiger partial charge is 0.312 e. The van der Waals surface area contributed by atoms with E-state index >= 15 is 0 Å². The number of hydrogen-bond donors (Lipinski definition) is 2. The number of primary amides is 1. The minimum Gasteiger partial charge on any atom is -0.352 e. The molecule has 0 aliphatic rings. The van der Waals surface area contributed by atoms with Gasteiger partial charge in [-0.05, 0) is 12.1 Å². The fraction of sp³-hybridized carbons (Fsp3) is 0.125. The van der Waals surface area contributed by atoms with Crippen LogP contribution in [0.5, 0.6) is 0 Å². The van der Waals surface area contributed by atoms with Gasteiger partial charge in [0.1, 0.15) is 0 Å². The number of nitriles is 1. The first-order chi connectivity index (χ1) is 6.22. The third-order valence-corrected chi connectivity index (χ3v) is 1.39. The highest BCUT2D eigenvalue weighted by atomic mass is 16.2. The van der Waals surface area contributed by atoms with E-state index in [1.54, 1.807) is 12.1 Å². The van der Waals surface area contributed by atoms with Crippen LogP contribution in [0.4, 0.5) is 4.79 Å². The largest absolute Gasteiger partial charge is 0.352 e. The Morgan fingerprint density at radius 2 is 2.54 bits per heavy atom. The predicted molar refractivity (Wildman–Crippen MR) is 45.4 cm³/mol. The van der Waals surface area contributed by atoms with Gasteiger partial charge in [-0.25, -0.2) is 4.79 Å². The summed E-state index contributed by atoms with van der Waals surface area (Å²) < 4.78 is 0. The Bertz CT molecular complexity index is 355. The van der Waals surface area contributed by atoms with E-state index in [2.05, 4.69) is 10.3 Å². The standard InChI is InChI=1S/C8H8N4O/c9-4-6-1-2-11-7(3-6)5-12-8(10)13/h1-3H,5H2,(H3,10,12,13). The molecule has 1 rings (SSSR count). The molecule has 5 heteroatoms. The Morgan fingerprint density at radius 1 is 1.77 bits per heavy atom. The third kappa shape index (κ3) is 2.79. The van der Waals surface area contributed by atoms with Gasteiger partial charge < -0.3 is 11.1 Å². The number of hydrogen-bond acceptors (Lipinski definition) is 3. The number of rotatable bonds is 2. The lowest BCUT2D eigenvalue weighted by Gasteiger charge is -2.00. The molecule has 0 bridgehead atoms. The van der Waals surface area contributed by atoms with Crippen molar-refractivity contribution in [2.24, 2.45) is 5.73 Å². The molecule has 0 atom stereocenters. The van der Waals surface area contributed by atoms with Gasteiger partial charge in [-0.3, -0.25) is 4.98 Å². The van der Waals surface area contributed by atoms with E-state index in [4.69, 9.17) is 11.0 Å². The minimum atomic E-state index is -0.607. The predicted octanol–water partition coefficient (Wildman–Crippen LogP) is 0.122. The van der Waals surface area contributed by atoms with Crippen molar-refractivity contribution in [2.75, 3.05) is 0 Å². The summed E-state index contributed by atoms with van der Waals surface area (Å²) in [6.45, 7) is 0.241. The Morgan fingerprint density at radius 3 is 3.15 bits per heavy atom. The highest BCUT2D eigenvalue weighted by molar-refractivity contribution is 5.71. The average molecular weight is 176 g/mol. The van der Waals surface area contributed by atoms with Gasteiger partial charge >= 0.3 is 6.03 Å². The summed E-state index contributed by atoms with van der Waals surface area (Å²) in [4.78, 5) is 14.3. The Hall–Kier alpha value is -2.09. The van der Waals surface area contributed by atoms with Gasteiger partial charge in [-0.1, -0.05) is 0 Å². The van der Waals surface area contributed by atoms with Crippen LogP contribution >= 0.6 is 0 Å². The summed E-state index contributed by atoms with van der Waals surface area (Å²) in [5.74, 6) is 0. The van der Waals surface area contributed by atoms with E-state index in [1.165, 1.54) is 6.20 Å². The molecule has 0 aliphatic heterocycles. The van der Waals surface area contributed by atoms with Gasteiger partial charge in [-0.2, -0.15) is 5.26 Å². The Balaban J connectivity index is 2.68. The number of nitrogens with two attached hydrogens (primary N) is 1. The number of aromatic nitrogens is 1. The van der Waals surface area contributed by atoms with Crippen LogP contribution in [-0.2, 0) is 6.54 Å². The second kappa shape index (κ2) is 4.07. The summed E-state index contributed by atoms with van der Waals surface area (Å²) in [5, 5.41) is 10.9. The number of carbonyl (C=O) groups is 1. The van der Waals surface area contributed by atoms with Crippen molar-refractivity contribution in [3.8, 4) is 6.07 Å². The number of amides is 2. The van der Waals surface area contributed by atoms with Crippen LogP contribution in [0, 0.1) is 11.3 Å². The summed E-state index contributed by atoms with van der Waals surface area (Å²) >= 11 is 0. The van der Waals surface area contributed by atoms with E-state index in [0.29, 0.717) is 11.3 Å². The lowest BCUT2D eigenvalue weighted by atomic mass is 10.2. The zero-order chi connectivity index (χ0) is 9.68. The minimum absolute atomic E-state index is 0.241. The van der Waals surface area contributed by atoms with E-state index < -0.39 is 6.03 Å². The number of carbonyl (C=O) groups excluding carboxylic acids is 1. The molecule has 3 N–H and O–H groups in total. The fourth-order valence-corrected chi connectivity index (χ4v) is 0.822. The summed E-state index contributed by atoms with van der Waals surface area (Å²) in [5.41, 5.74) is 5.99. The second-order valence-corrected chi connectivity index (χ2v) is 2.37. The first-order valence-electron chi connectivity index (χ1n) is 3.60. The van der Waals surface area contributed by atoms with Crippen molar-refractivity contribution in [3.63, 3.8) is 0 Å². The lowest BCUT2D eigenvalue weighted by Crippen LogP contribution is -2.28. The first-order valence-corrected chi connectivity index (χ1v) is 3.60. The van der Waals surface area contributed by atoms with Crippen LogP contribution in [0.3, 0.4) is 0 Å². The molecule has 2 amide bonds. The monoisotopic (exact) mass is 176 g/mol. The second-order valence-electron chi connectivity index (χ2n) is 2.37. The molecule has 0 fully saturated rings. The molecular weight excluding hydrogens is 168 g/mol. The van der Waals surface area contributed by atoms with Gasteiger partial charge in [0.15, 0.2) is 0 Å². The maximum absolute atomic E-state index is 10.3. The highest BCUT2D eigenvalue weighted by Gasteiger charge is 1.97. The number of pyridine rings is 1. The normalized spacial score (nSPS) is 8.85. The maximum atomic E-state index is 10.3. The van der Waals surface area contributed by atoms with E-state index in [9.17, 15) is 4.79 Å². The molecule has 1 aromatic rings. The molecule has 66 valence electrons. The summed E-state index contributed by atoms with van der Waals surface area (Å²) in [7, 11) is 0. The van der Waals surface area contributed by atoms with E-state index in [0.717, 1.165) is 0 Å². The number of nitrogens with zero attached hydrogens (tertiary/aromatic N) is 2. The van der Waals surface area contributed by atoms with Gasteiger partial charge in [0, 0.05) is 6.20 Å². The van der Waals surface area contributed by atoms with Crippen molar-refractivity contribution in [3.05, 3.63) is 29.6 Å². The highest BCUT2D eigenvalue weighted by Crippen LogP contribution is 1.99. The molecule has 0 unspecified atom stereocenters. The quantitative estimate of drug-likeness (QED) is 0.670. The molecule has 0 spiro atoms. The fourth-order valence-electron chi connectivity index (χ4n) is 0.822. The molecule has 5 nitrogen and oxygen atoms in total. The van der Waals surface area contributed by atoms with Crippen molar-refractivity contribution in [1.29, 1.82) is 5.26 Å². The van der Waals surface area contributed by atoms with Crippen LogP contribution in [0.15, 0.2) is 18.3 Å². The Kier molecular flexibility index (Phi) is 2.82. The lowest BCUT2D eigenvalue weighted by molar-refractivity contribution is 0.248. The molecular formula is C8H8N4O. The van der Waals surface area contributed by atoms with E-state index in [-0.39, 0.29) is 6.54 Å². The van der Waals surface area contributed by atoms with E-state index in [1.807, 2.05) is 6.07 Å². The van der Waals surface area contributed by atoms with Crippen LogP contribution in [0.1, 0.15) is 11.3 Å². The first kappa shape index (κ1) is 9.00. The summed E-state index contributed by atoms with van der Waals surface area (Å²) in [6, 6.07) is 4.55. The third-order valence-electron chi connectivity index (χ3n) is 1.39. The number of urea groups is 1. The summed E-state index contributed by atoms with van der Waals surface area (Å²) in [6.07, 6.45) is 1.51. The molecule has 0 saturated carbocycles. The average Bonchev–Trinajstić information content (AvgIpc) is 2.15. The maximum Gasteiger partial charge on any atom is 0.312 e. The van der Waals surface area contributed by atoms with Crippen LogP contribution in [0.25, 0.3) is 0 Å². The van der Waals surface area contributed by atoms with Crippen LogP contribution < -0.4 is 11.1 Å². The van der Waals surface area contributed by atoms with Crippen molar-refractivity contribution < 1.29 is 4.79 Å². The van der Waals surface area contributed by atoms with Crippen molar-refractivity contribution in [2.45, 2.75) is 6.54 Å². The topological polar surface area (TPSA) is 91.8 Å². The Labute approximate surface area is 75.2 Å². The zero-order valence-corrected chi connectivity index (χ0v) is 6.82. The van der Waals surface area contributed by atoms with Crippen molar-refractivity contribution in [1.82, 2.24) is 10.3 Å². The number of nitrogens with one attached hydrogen (secondary N) is 1. The molecule has 0 aromatic carbocycles. The van der Waals surface area contributed by atoms with Gasteiger partial charge in [0.2, 0.25) is 0 Å². The molecule has 1 aromatic heterocycles. The molecule has 0 saturated heterocycles. The van der Waals surface area contributed by atoms with Gasteiger partial charge in [-0.15, -0.1) is 0 Å². The van der Waals surface area contributed by atoms with Gasteiger partial charge in [0.25, 0.3) is 0 Å².